The molecule has 9 heteroatoms. The highest BCUT2D eigenvalue weighted by molar-refractivity contribution is 5.89. The number of rotatable bonds is 6. The van der Waals surface area contributed by atoms with E-state index in [9.17, 15) is 27.6 Å². The van der Waals surface area contributed by atoms with Crippen LogP contribution < -0.4 is 10.6 Å². The van der Waals surface area contributed by atoms with Crippen LogP contribution in [0.15, 0.2) is 30.3 Å². The standard InChI is InChI=1S/C13H13F3N2O4/c14-13(15,16)12(22)17-7-10(19)18-9(11(20)21)6-8-4-2-1-3-5-8/h1-5,9H,6-7H2,(H,17,22)(H,18,19)(H,20,21)/t9-/m0/s1. The van der Waals surface area contributed by atoms with Crippen molar-refractivity contribution in [1.29, 1.82) is 0 Å². The van der Waals surface area contributed by atoms with Gasteiger partial charge >= 0.3 is 18.1 Å². The molecule has 0 fully saturated rings. The number of benzene rings is 1. The van der Waals surface area contributed by atoms with E-state index in [1.165, 1.54) is 5.32 Å². The second-order valence-corrected chi connectivity index (χ2v) is 4.33. The summed E-state index contributed by atoms with van der Waals surface area (Å²) in [7, 11) is 0. The first-order valence-corrected chi connectivity index (χ1v) is 6.11. The predicted octanol–water partition coefficient (Wildman–Crippen LogP) is 0.477. The van der Waals surface area contributed by atoms with Gasteiger partial charge in [0.15, 0.2) is 0 Å². The fourth-order valence-corrected chi connectivity index (χ4v) is 1.56. The number of alkyl halides is 3. The topological polar surface area (TPSA) is 95.5 Å². The summed E-state index contributed by atoms with van der Waals surface area (Å²) < 4.78 is 35.8. The number of halogens is 3. The molecular weight excluding hydrogens is 305 g/mol. The number of carbonyl (C=O) groups is 3. The average Bonchev–Trinajstić information content (AvgIpc) is 2.44. The summed E-state index contributed by atoms with van der Waals surface area (Å²) in [5, 5.41) is 12.4. The average molecular weight is 318 g/mol. The van der Waals surface area contributed by atoms with Crippen molar-refractivity contribution in [2.45, 2.75) is 18.6 Å². The fraction of sp³-hybridized carbons (Fsp3) is 0.308. The molecule has 2 amide bonds. The van der Waals surface area contributed by atoms with E-state index in [0.29, 0.717) is 5.56 Å². The summed E-state index contributed by atoms with van der Waals surface area (Å²) in [6.45, 7) is -0.961. The third-order valence-corrected chi connectivity index (χ3v) is 2.58. The Bertz CT molecular complexity index is 546. The Labute approximate surface area is 123 Å². The quantitative estimate of drug-likeness (QED) is 0.711. The van der Waals surface area contributed by atoms with E-state index >= 15 is 0 Å². The number of nitrogens with one attached hydrogen (secondary N) is 2. The SMILES string of the molecule is O=C(CNC(=O)C(F)(F)F)N[C@@H](Cc1ccccc1)C(=O)O. The van der Waals surface area contributed by atoms with E-state index in [0.717, 1.165) is 0 Å². The number of hydrogen-bond donors (Lipinski definition) is 3. The second-order valence-electron chi connectivity index (χ2n) is 4.33. The van der Waals surface area contributed by atoms with Gasteiger partial charge in [-0.1, -0.05) is 30.3 Å². The number of amides is 2. The fourth-order valence-electron chi connectivity index (χ4n) is 1.56. The Kier molecular flexibility index (Phi) is 5.90. The maximum Gasteiger partial charge on any atom is 0.471 e. The van der Waals surface area contributed by atoms with Crippen molar-refractivity contribution >= 4 is 17.8 Å². The first kappa shape index (κ1) is 17.5. The minimum Gasteiger partial charge on any atom is -0.480 e. The van der Waals surface area contributed by atoms with Crippen LogP contribution in [0.25, 0.3) is 0 Å². The van der Waals surface area contributed by atoms with Gasteiger partial charge in [0.2, 0.25) is 5.91 Å². The molecule has 0 aliphatic heterocycles. The summed E-state index contributed by atoms with van der Waals surface area (Å²) in [6.07, 6.45) is -5.13. The summed E-state index contributed by atoms with van der Waals surface area (Å²) in [5.41, 5.74) is 0.634. The second kappa shape index (κ2) is 7.43. The summed E-state index contributed by atoms with van der Waals surface area (Å²) in [6, 6.07) is 7.07. The number of hydrogen-bond acceptors (Lipinski definition) is 3. The molecule has 0 aliphatic rings. The molecule has 0 radical (unpaired) electrons. The van der Waals surface area contributed by atoms with E-state index in [1.807, 2.05) is 0 Å². The first-order valence-electron chi connectivity index (χ1n) is 6.11. The Hall–Kier alpha value is -2.58. The lowest BCUT2D eigenvalue weighted by Gasteiger charge is -2.15. The van der Waals surface area contributed by atoms with Gasteiger partial charge in [0, 0.05) is 6.42 Å². The van der Waals surface area contributed by atoms with E-state index in [1.54, 1.807) is 30.3 Å². The van der Waals surface area contributed by atoms with Crippen molar-refractivity contribution in [3.63, 3.8) is 0 Å². The van der Waals surface area contributed by atoms with E-state index in [2.05, 4.69) is 5.32 Å². The predicted molar refractivity (Wildman–Crippen MR) is 68.8 cm³/mol. The molecule has 6 nitrogen and oxygen atoms in total. The van der Waals surface area contributed by atoms with Gasteiger partial charge in [-0.2, -0.15) is 13.2 Å². The highest BCUT2D eigenvalue weighted by atomic mass is 19.4. The molecule has 1 rings (SSSR count). The molecule has 0 spiro atoms. The van der Waals surface area contributed by atoms with Crippen LogP contribution in [0.4, 0.5) is 13.2 Å². The molecule has 0 bridgehead atoms. The Morgan fingerprint density at radius 3 is 2.23 bits per heavy atom. The smallest absolute Gasteiger partial charge is 0.471 e. The minimum absolute atomic E-state index is 0.0326. The zero-order valence-electron chi connectivity index (χ0n) is 11.2. The zero-order chi connectivity index (χ0) is 16.8. The maximum absolute atomic E-state index is 11.9. The Balaban J connectivity index is 2.55. The van der Waals surface area contributed by atoms with Crippen LogP contribution in [0.2, 0.25) is 0 Å². The van der Waals surface area contributed by atoms with Gasteiger partial charge < -0.3 is 15.7 Å². The summed E-state index contributed by atoms with van der Waals surface area (Å²) in [5.74, 6) is -4.63. The molecular formula is C13H13F3N2O4. The third kappa shape index (κ3) is 5.81. The van der Waals surface area contributed by atoms with E-state index in [4.69, 9.17) is 5.11 Å². The molecule has 0 aliphatic carbocycles. The highest BCUT2D eigenvalue weighted by Gasteiger charge is 2.38. The van der Waals surface area contributed by atoms with Crippen LogP contribution in [-0.4, -0.2) is 41.7 Å². The van der Waals surface area contributed by atoms with Crippen LogP contribution >= 0.6 is 0 Å². The normalized spacial score (nSPS) is 12.3. The van der Waals surface area contributed by atoms with Gasteiger partial charge in [-0.15, -0.1) is 0 Å². The molecule has 1 aromatic rings. The summed E-state index contributed by atoms with van der Waals surface area (Å²) in [4.78, 5) is 33.0. The number of carbonyl (C=O) groups excluding carboxylic acids is 2. The monoisotopic (exact) mass is 318 g/mol. The van der Waals surface area contributed by atoms with Crippen molar-refractivity contribution < 1.29 is 32.7 Å². The summed E-state index contributed by atoms with van der Waals surface area (Å²) >= 11 is 0. The molecule has 1 atom stereocenters. The molecule has 0 aromatic heterocycles. The molecule has 0 heterocycles. The molecule has 0 saturated carbocycles. The van der Waals surface area contributed by atoms with Crippen molar-refractivity contribution in [3.8, 4) is 0 Å². The van der Waals surface area contributed by atoms with Crippen LogP contribution in [0.5, 0.6) is 0 Å². The molecule has 3 N–H and O–H groups in total. The van der Waals surface area contributed by atoms with E-state index < -0.39 is 36.5 Å². The van der Waals surface area contributed by atoms with Crippen LogP contribution in [0.1, 0.15) is 5.56 Å². The zero-order valence-corrected chi connectivity index (χ0v) is 11.2. The number of aliphatic carboxylic acids is 1. The molecule has 120 valence electrons. The van der Waals surface area contributed by atoms with Crippen molar-refractivity contribution in [3.05, 3.63) is 35.9 Å². The number of carboxylic acids is 1. The lowest BCUT2D eigenvalue weighted by atomic mass is 10.1. The van der Waals surface area contributed by atoms with Gasteiger partial charge in [0.1, 0.15) is 6.04 Å². The van der Waals surface area contributed by atoms with Gasteiger partial charge in [-0.05, 0) is 5.56 Å². The van der Waals surface area contributed by atoms with Gasteiger partial charge in [-0.3, -0.25) is 9.59 Å². The first-order chi connectivity index (χ1) is 10.2. The lowest BCUT2D eigenvalue weighted by molar-refractivity contribution is -0.173. The van der Waals surface area contributed by atoms with Crippen molar-refractivity contribution in [1.82, 2.24) is 10.6 Å². The Morgan fingerprint density at radius 2 is 1.73 bits per heavy atom. The molecule has 0 saturated heterocycles. The third-order valence-electron chi connectivity index (χ3n) is 2.58. The Morgan fingerprint density at radius 1 is 1.14 bits per heavy atom. The van der Waals surface area contributed by atoms with Crippen LogP contribution in [-0.2, 0) is 20.8 Å². The van der Waals surface area contributed by atoms with Gasteiger partial charge in [-0.25, -0.2) is 4.79 Å². The highest BCUT2D eigenvalue weighted by Crippen LogP contribution is 2.13. The van der Waals surface area contributed by atoms with Crippen LogP contribution in [0, 0.1) is 0 Å². The van der Waals surface area contributed by atoms with E-state index in [-0.39, 0.29) is 6.42 Å². The lowest BCUT2D eigenvalue weighted by Crippen LogP contribution is -2.48. The molecule has 1 aromatic carbocycles. The number of carboxylic acid groups (broad SMARTS) is 1. The molecule has 22 heavy (non-hydrogen) atoms. The maximum atomic E-state index is 11.9. The van der Waals surface area contributed by atoms with Crippen molar-refractivity contribution in [2.75, 3.05) is 6.54 Å². The minimum atomic E-state index is -5.10. The molecule has 0 unspecified atom stereocenters. The van der Waals surface area contributed by atoms with Gasteiger partial charge in [0.05, 0.1) is 6.54 Å². The van der Waals surface area contributed by atoms with Gasteiger partial charge in [0.25, 0.3) is 0 Å². The van der Waals surface area contributed by atoms with Crippen LogP contribution in [0.3, 0.4) is 0 Å². The largest absolute Gasteiger partial charge is 0.480 e. The van der Waals surface area contributed by atoms with Crippen molar-refractivity contribution in [2.24, 2.45) is 0 Å².